The minimum absolute atomic E-state index is 0.324. The van der Waals surface area contributed by atoms with Crippen LogP contribution in [0.1, 0.15) is 48.5 Å². The van der Waals surface area contributed by atoms with Gasteiger partial charge in [0, 0.05) is 0 Å². The van der Waals surface area contributed by atoms with Gasteiger partial charge in [0.25, 0.3) is 0 Å². The highest BCUT2D eigenvalue weighted by Crippen LogP contribution is 2.20. The Hall–Kier alpha value is -1.91. The van der Waals surface area contributed by atoms with E-state index in [-0.39, 0.29) is 6.61 Å². The molecule has 1 saturated heterocycles. The maximum atomic E-state index is 12.7. The number of aliphatic hydroxyl groups excluding tert-OH is 2. The molecule has 1 aliphatic rings. The molecule has 162 valence electrons. The average molecular weight is 405 g/mol. The van der Waals surface area contributed by atoms with Gasteiger partial charge in [-0.2, -0.15) is 4.90 Å². The Labute approximate surface area is 164 Å². The largest absolute Gasteiger partial charge is 0.458 e. The number of amides is 2. The summed E-state index contributed by atoms with van der Waals surface area (Å²) in [4.78, 5) is 38.4. The standard InChI is InChI=1S/C18H31NO9/c1-10-13(21)12(20)9-25-8-11(14(22)26-10)19(15(23)27-17(2,3)4)16(24)28-18(5,6)7/h10-13,20-21H,8-9H2,1-7H3. The van der Waals surface area contributed by atoms with E-state index < -0.39 is 60.3 Å². The molecule has 2 N–H and O–H groups in total. The normalized spacial score (nSPS) is 27.0. The van der Waals surface area contributed by atoms with Crippen LogP contribution in [0, 0.1) is 0 Å². The van der Waals surface area contributed by atoms with Crippen molar-refractivity contribution in [1.82, 2.24) is 4.90 Å². The Morgan fingerprint density at radius 1 is 1.00 bits per heavy atom. The van der Waals surface area contributed by atoms with Gasteiger partial charge in [0.15, 0.2) is 6.04 Å². The molecule has 4 unspecified atom stereocenters. The topological polar surface area (TPSA) is 132 Å². The first-order valence-electron chi connectivity index (χ1n) is 9.02. The number of imide groups is 1. The van der Waals surface area contributed by atoms with E-state index in [0.29, 0.717) is 4.90 Å². The monoisotopic (exact) mass is 405 g/mol. The molecule has 10 nitrogen and oxygen atoms in total. The van der Waals surface area contributed by atoms with Crippen LogP contribution in [0.2, 0.25) is 0 Å². The Balaban J connectivity index is 3.22. The zero-order valence-electron chi connectivity index (χ0n) is 17.4. The Morgan fingerprint density at radius 3 is 1.89 bits per heavy atom. The van der Waals surface area contributed by atoms with E-state index in [2.05, 4.69) is 0 Å². The minimum Gasteiger partial charge on any atom is -0.458 e. The zero-order chi connectivity index (χ0) is 21.9. The second-order valence-electron chi connectivity index (χ2n) is 8.58. The smallest absolute Gasteiger partial charge is 0.420 e. The molecule has 10 heteroatoms. The zero-order valence-corrected chi connectivity index (χ0v) is 17.4. The summed E-state index contributed by atoms with van der Waals surface area (Å²) in [6, 6.07) is -1.52. The van der Waals surface area contributed by atoms with Gasteiger partial charge in [0.2, 0.25) is 0 Å². The molecule has 0 aromatic heterocycles. The van der Waals surface area contributed by atoms with Crippen molar-refractivity contribution in [2.75, 3.05) is 13.2 Å². The molecule has 0 radical (unpaired) electrons. The van der Waals surface area contributed by atoms with E-state index in [1.165, 1.54) is 6.92 Å². The van der Waals surface area contributed by atoms with Crippen molar-refractivity contribution in [3.63, 3.8) is 0 Å². The van der Waals surface area contributed by atoms with E-state index in [9.17, 15) is 24.6 Å². The number of cyclic esters (lactones) is 1. The number of carbonyl (C=O) groups is 3. The first kappa shape index (κ1) is 24.1. The van der Waals surface area contributed by atoms with Crippen LogP contribution < -0.4 is 0 Å². The highest BCUT2D eigenvalue weighted by molar-refractivity contribution is 5.94. The number of carbonyl (C=O) groups excluding carboxylic acids is 3. The molecule has 2 amide bonds. The van der Waals surface area contributed by atoms with E-state index in [1.807, 2.05) is 0 Å². The lowest BCUT2D eigenvalue weighted by molar-refractivity contribution is -0.162. The number of esters is 1. The van der Waals surface area contributed by atoms with Crippen LogP contribution in [0.15, 0.2) is 0 Å². The maximum absolute atomic E-state index is 12.7. The van der Waals surface area contributed by atoms with Gasteiger partial charge in [-0.25, -0.2) is 14.4 Å². The summed E-state index contributed by atoms with van der Waals surface area (Å²) in [6.07, 6.45) is -6.01. The lowest BCUT2D eigenvalue weighted by atomic mass is 10.1. The second-order valence-corrected chi connectivity index (χ2v) is 8.58. The van der Waals surface area contributed by atoms with Crippen molar-refractivity contribution in [1.29, 1.82) is 0 Å². The van der Waals surface area contributed by atoms with Gasteiger partial charge in [-0.05, 0) is 48.5 Å². The van der Waals surface area contributed by atoms with Gasteiger partial charge in [-0.3, -0.25) is 0 Å². The molecule has 0 aromatic carbocycles. The molecule has 1 heterocycles. The highest BCUT2D eigenvalue weighted by atomic mass is 16.6. The molecule has 0 aromatic rings. The van der Waals surface area contributed by atoms with Crippen LogP contribution in [-0.2, 0) is 23.7 Å². The third-order valence-corrected chi connectivity index (χ3v) is 3.51. The molecule has 0 aliphatic carbocycles. The summed E-state index contributed by atoms with van der Waals surface area (Å²) in [7, 11) is 0. The third kappa shape index (κ3) is 7.25. The van der Waals surface area contributed by atoms with Crippen LogP contribution in [-0.4, -0.2) is 82.0 Å². The minimum atomic E-state index is -1.52. The highest BCUT2D eigenvalue weighted by Gasteiger charge is 2.43. The summed E-state index contributed by atoms with van der Waals surface area (Å²) in [5.41, 5.74) is -1.89. The molecule has 0 saturated carbocycles. The Morgan fingerprint density at radius 2 is 1.46 bits per heavy atom. The van der Waals surface area contributed by atoms with Gasteiger partial charge in [0.05, 0.1) is 13.2 Å². The number of ether oxygens (including phenoxy) is 4. The molecule has 1 fully saturated rings. The number of nitrogens with zero attached hydrogens (tertiary/aromatic N) is 1. The first-order valence-corrected chi connectivity index (χ1v) is 9.02. The Bertz CT molecular complexity index is 551. The summed E-state index contributed by atoms with van der Waals surface area (Å²) in [5, 5.41) is 19.8. The van der Waals surface area contributed by atoms with Gasteiger partial charge in [-0.15, -0.1) is 0 Å². The van der Waals surface area contributed by atoms with Crippen LogP contribution in [0.4, 0.5) is 9.59 Å². The first-order chi connectivity index (χ1) is 12.6. The second kappa shape index (κ2) is 9.06. The molecule has 28 heavy (non-hydrogen) atoms. The van der Waals surface area contributed by atoms with Crippen LogP contribution in [0.25, 0.3) is 0 Å². The van der Waals surface area contributed by atoms with E-state index in [0.717, 1.165) is 0 Å². The van der Waals surface area contributed by atoms with Crippen LogP contribution in [0.5, 0.6) is 0 Å². The predicted molar refractivity (Wildman–Crippen MR) is 96.5 cm³/mol. The number of rotatable bonds is 1. The molecule has 1 rings (SSSR count). The fourth-order valence-corrected chi connectivity index (χ4v) is 2.24. The summed E-state index contributed by atoms with van der Waals surface area (Å²) in [6.45, 7) is 10.2. The van der Waals surface area contributed by atoms with Crippen molar-refractivity contribution >= 4 is 18.2 Å². The molecule has 4 atom stereocenters. The van der Waals surface area contributed by atoms with Gasteiger partial charge in [0.1, 0.15) is 29.5 Å². The predicted octanol–water partition coefficient (Wildman–Crippen LogP) is 1.21. The number of hydrogen-bond acceptors (Lipinski definition) is 9. The molecule has 1 aliphatic heterocycles. The van der Waals surface area contributed by atoms with Crippen molar-refractivity contribution in [3.05, 3.63) is 0 Å². The lowest BCUT2D eigenvalue weighted by Gasteiger charge is -2.32. The fourth-order valence-electron chi connectivity index (χ4n) is 2.24. The third-order valence-electron chi connectivity index (χ3n) is 3.51. The van der Waals surface area contributed by atoms with E-state index in [4.69, 9.17) is 18.9 Å². The van der Waals surface area contributed by atoms with Crippen LogP contribution >= 0.6 is 0 Å². The number of aliphatic hydroxyl groups is 2. The van der Waals surface area contributed by atoms with Crippen molar-refractivity contribution in [2.45, 2.75) is 84.0 Å². The van der Waals surface area contributed by atoms with Gasteiger partial charge in [-0.1, -0.05) is 0 Å². The summed E-state index contributed by atoms with van der Waals surface area (Å²) >= 11 is 0. The molecular formula is C18H31NO9. The van der Waals surface area contributed by atoms with Crippen molar-refractivity contribution in [2.24, 2.45) is 0 Å². The SMILES string of the molecule is CC1OC(=O)C(N(C(=O)OC(C)(C)C)C(=O)OC(C)(C)C)COCC(O)C1O. The summed E-state index contributed by atoms with van der Waals surface area (Å²) < 4.78 is 20.8. The lowest BCUT2D eigenvalue weighted by Crippen LogP contribution is -2.54. The molecular weight excluding hydrogens is 374 g/mol. The van der Waals surface area contributed by atoms with E-state index >= 15 is 0 Å². The molecule has 0 bridgehead atoms. The van der Waals surface area contributed by atoms with Crippen LogP contribution in [0.3, 0.4) is 0 Å². The van der Waals surface area contributed by atoms with Crippen molar-refractivity contribution < 1.29 is 43.5 Å². The molecule has 0 spiro atoms. The Kier molecular flexibility index (Phi) is 7.81. The quantitative estimate of drug-likeness (QED) is 0.488. The summed E-state index contributed by atoms with van der Waals surface area (Å²) in [5.74, 6) is -1.00. The van der Waals surface area contributed by atoms with E-state index in [1.54, 1.807) is 41.5 Å². The fraction of sp³-hybridized carbons (Fsp3) is 0.833. The van der Waals surface area contributed by atoms with Gasteiger partial charge < -0.3 is 29.2 Å². The van der Waals surface area contributed by atoms with Crippen molar-refractivity contribution in [3.8, 4) is 0 Å². The average Bonchev–Trinajstić information content (AvgIpc) is 2.51. The number of hydrogen-bond donors (Lipinski definition) is 2. The van der Waals surface area contributed by atoms with Gasteiger partial charge >= 0.3 is 18.2 Å². The maximum Gasteiger partial charge on any atom is 0.420 e.